The van der Waals surface area contributed by atoms with Crippen LogP contribution in [0.4, 0.5) is 0 Å². The van der Waals surface area contributed by atoms with Crippen molar-refractivity contribution in [3.8, 4) is 0 Å². The summed E-state index contributed by atoms with van der Waals surface area (Å²) in [6, 6.07) is 0. The highest BCUT2D eigenvalue weighted by molar-refractivity contribution is 5.90. The molecule has 0 aromatic rings. The molecule has 0 amide bonds. The minimum atomic E-state index is -0.0994. The normalized spacial score (nSPS) is 43.2. The lowest BCUT2D eigenvalue weighted by Gasteiger charge is -2.48. The molecule has 0 N–H and O–H groups in total. The third-order valence-corrected chi connectivity index (χ3v) is 4.01. The molecule has 1 heteroatoms. The Hall–Kier alpha value is -0.590. The van der Waals surface area contributed by atoms with Gasteiger partial charge in [-0.25, -0.2) is 0 Å². The summed E-state index contributed by atoms with van der Waals surface area (Å²) >= 11 is 0. The van der Waals surface area contributed by atoms with Crippen LogP contribution in [0.1, 0.15) is 40.0 Å². The van der Waals surface area contributed by atoms with Crippen LogP contribution < -0.4 is 0 Å². The number of hydrogen-bond donors (Lipinski definition) is 0. The molecule has 1 saturated carbocycles. The Morgan fingerprint density at radius 1 is 1.31 bits per heavy atom. The summed E-state index contributed by atoms with van der Waals surface area (Å²) < 4.78 is 0. The third-order valence-electron chi connectivity index (χ3n) is 4.01. The standard InChI is InChI=1S/C12H18O/c1-9(2)12-6-4-11(3,5-7-12)8-10(12)13/h4,6,9H,5,7-8H2,1-3H3. The Balaban J connectivity index is 2.42. The molecule has 13 heavy (non-hydrogen) atoms. The first-order valence-corrected chi connectivity index (χ1v) is 5.22. The fraction of sp³-hybridized carbons (Fsp3) is 0.750. The van der Waals surface area contributed by atoms with Crippen LogP contribution in [0.5, 0.6) is 0 Å². The first-order valence-electron chi connectivity index (χ1n) is 5.22. The fourth-order valence-corrected chi connectivity index (χ4v) is 2.72. The maximum absolute atomic E-state index is 12.0. The molecule has 1 fully saturated rings. The van der Waals surface area contributed by atoms with Crippen molar-refractivity contribution in [2.24, 2.45) is 16.7 Å². The SMILES string of the molecule is CC(C)C12C=CC(C)(CC1)CC2=O. The van der Waals surface area contributed by atoms with E-state index >= 15 is 0 Å². The first-order chi connectivity index (χ1) is 5.99. The average Bonchev–Trinajstić information content (AvgIpc) is 2.03. The summed E-state index contributed by atoms with van der Waals surface area (Å²) in [5, 5.41) is 0. The van der Waals surface area contributed by atoms with Crippen molar-refractivity contribution in [1.29, 1.82) is 0 Å². The number of carbonyl (C=O) groups excluding carboxylic acids is 1. The van der Waals surface area contributed by atoms with E-state index < -0.39 is 0 Å². The lowest BCUT2D eigenvalue weighted by molar-refractivity contribution is -0.135. The molecule has 0 radical (unpaired) electrons. The van der Waals surface area contributed by atoms with E-state index in [0.29, 0.717) is 11.7 Å². The molecule has 3 aliphatic rings. The van der Waals surface area contributed by atoms with Crippen molar-refractivity contribution in [3.63, 3.8) is 0 Å². The summed E-state index contributed by atoms with van der Waals surface area (Å²) in [4.78, 5) is 12.0. The van der Waals surface area contributed by atoms with Gasteiger partial charge in [0.15, 0.2) is 0 Å². The molecular formula is C12H18O. The summed E-state index contributed by atoms with van der Waals surface area (Å²) in [7, 11) is 0. The predicted octanol–water partition coefficient (Wildman–Crippen LogP) is 2.96. The van der Waals surface area contributed by atoms with Gasteiger partial charge in [-0.15, -0.1) is 0 Å². The van der Waals surface area contributed by atoms with Gasteiger partial charge in [0.25, 0.3) is 0 Å². The van der Waals surface area contributed by atoms with Gasteiger partial charge in [0, 0.05) is 11.8 Å². The van der Waals surface area contributed by atoms with Gasteiger partial charge in [0.05, 0.1) is 0 Å². The zero-order valence-electron chi connectivity index (χ0n) is 8.76. The van der Waals surface area contributed by atoms with E-state index in [1.54, 1.807) is 0 Å². The van der Waals surface area contributed by atoms with Crippen LogP contribution in [0.3, 0.4) is 0 Å². The van der Waals surface area contributed by atoms with Crippen molar-refractivity contribution < 1.29 is 4.79 Å². The Bertz CT molecular complexity index is 277. The molecule has 0 spiro atoms. The number of rotatable bonds is 1. The van der Waals surface area contributed by atoms with E-state index in [2.05, 4.69) is 32.9 Å². The highest BCUT2D eigenvalue weighted by Gasteiger charge is 2.49. The molecule has 0 aliphatic heterocycles. The van der Waals surface area contributed by atoms with Crippen molar-refractivity contribution in [2.75, 3.05) is 0 Å². The first kappa shape index (κ1) is 8.98. The molecule has 3 rings (SSSR count). The third kappa shape index (κ3) is 1.09. The second kappa shape index (κ2) is 2.46. The Kier molecular flexibility index (Phi) is 1.70. The highest BCUT2D eigenvalue weighted by atomic mass is 16.1. The van der Waals surface area contributed by atoms with Gasteiger partial charge in [-0.3, -0.25) is 4.79 Å². The van der Waals surface area contributed by atoms with Crippen LogP contribution in [-0.4, -0.2) is 5.78 Å². The molecule has 3 aliphatic carbocycles. The summed E-state index contributed by atoms with van der Waals surface area (Å²) in [5.74, 6) is 0.930. The van der Waals surface area contributed by atoms with Gasteiger partial charge < -0.3 is 0 Å². The van der Waals surface area contributed by atoms with Crippen LogP contribution >= 0.6 is 0 Å². The van der Waals surface area contributed by atoms with Crippen molar-refractivity contribution in [3.05, 3.63) is 12.2 Å². The van der Waals surface area contributed by atoms with Crippen LogP contribution in [0, 0.1) is 16.7 Å². The highest BCUT2D eigenvalue weighted by Crippen LogP contribution is 2.53. The minimum absolute atomic E-state index is 0.0994. The monoisotopic (exact) mass is 178 g/mol. The number of hydrogen-bond acceptors (Lipinski definition) is 1. The lowest BCUT2D eigenvalue weighted by Crippen LogP contribution is -2.46. The Morgan fingerprint density at radius 2 is 2.00 bits per heavy atom. The van der Waals surface area contributed by atoms with Gasteiger partial charge in [-0.1, -0.05) is 32.9 Å². The quantitative estimate of drug-likeness (QED) is 0.564. The van der Waals surface area contributed by atoms with Gasteiger partial charge >= 0.3 is 0 Å². The second-order valence-corrected chi connectivity index (χ2v) is 5.28. The maximum atomic E-state index is 12.0. The number of allylic oxidation sites excluding steroid dienone is 2. The number of ketones is 1. The molecule has 2 atom stereocenters. The molecule has 0 heterocycles. The van der Waals surface area contributed by atoms with Crippen LogP contribution in [0.2, 0.25) is 0 Å². The zero-order chi connectivity index (χ0) is 9.69. The summed E-state index contributed by atoms with van der Waals surface area (Å²) in [6.07, 6.45) is 7.48. The fourth-order valence-electron chi connectivity index (χ4n) is 2.72. The number of fused-ring (bicyclic) bond motifs is 2. The summed E-state index contributed by atoms with van der Waals surface area (Å²) in [5.41, 5.74) is 0.0888. The van der Waals surface area contributed by atoms with Crippen molar-refractivity contribution >= 4 is 5.78 Å². The van der Waals surface area contributed by atoms with Crippen molar-refractivity contribution in [2.45, 2.75) is 40.0 Å². The van der Waals surface area contributed by atoms with Crippen LogP contribution in [-0.2, 0) is 4.79 Å². The van der Waals surface area contributed by atoms with Gasteiger partial charge in [-0.2, -0.15) is 0 Å². The smallest absolute Gasteiger partial charge is 0.143 e. The van der Waals surface area contributed by atoms with E-state index in [4.69, 9.17) is 0 Å². The Labute approximate surface area is 80.2 Å². The van der Waals surface area contributed by atoms with E-state index in [0.717, 1.165) is 12.8 Å². The molecule has 0 aromatic heterocycles. The minimum Gasteiger partial charge on any atom is -0.299 e. The molecule has 2 unspecified atom stereocenters. The van der Waals surface area contributed by atoms with Gasteiger partial charge in [0.1, 0.15) is 5.78 Å². The molecule has 72 valence electrons. The number of carbonyl (C=O) groups is 1. The topological polar surface area (TPSA) is 17.1 Å². The summed E-state index contributed by atoms with van der Waals surface area (Å²) in [6.45, 7) is 6.53. The van der Waals surface area contributed by atoms with Crippen LogP contribution in [0.25, 0.3) is 0 Å². The molecule has 0 saturated heterocycles. The van der Waals surface area contributed by atoms with E-state index in [1.807, 2.05) is 0 Å². The molecule has 1 nitrogen and oxygen atoms in total. The lowest BCUT2D eigenvalue weighted by atomic mass is 9.55. The number of Topliss-reactive ketones (excluding diaryl/α,β-unsaturated/α-hetero) is 1. The second-order valence-electron chi connectivity index (χ2n) is 5.28. The van der Waals surface area contributed by atoms with E-state index in [1.165, 1.54) is 6.42 Å². The van der Waals surface area contributed by atoms with Crippen LogP contribution in [0.15, 0.2) is 12.2 Å². The maximum Gasteiger partial charge on any atom is 0.143 e. The predicted molar refractivity (Wildman–Crippen MR) is 53.4 cm³/mol. The molecular weight excluding hydrogens is 160 g/mol. The van der Waals surface area contributed by atoms with E-state index in [-0.39, 0.29) is 10.8 Å². The van der Waals surface area contributed by atoms with Crippen molar-refractivity contribution in [1.82, 2.24) is 0 Å². The van der Waals surface area contributed by atoms with Gasteiger partial charge in [0.2, 0.25) is 0 Å². The van der Waals surface area contributed by atoms with Gasteiger partial charge in [-0.05, 0) is 24.2 Å². The Morgan fingerprint density at radius 3 is 2.38 bits per heavy atom. The zero-order valence-corrected chi connectivity index (χ0v) is 8.76. The van der Waals surface area contributed by atoms with E-state index in [9.17, 15) is 4.79 Å². The average molecular weight is 178 g/mol. The molecule has 2 bridgehead atoms. The largest absolute Gasteiger partial charge is 0.299 e. The molecule has 0 aromatic carbocycles.